The molecule has 0 atom stereocenters. The molecule has 1 aromatic carbocycles. The van der Waals surface area contributed by atoms with Crippen LogP contribution in [0.3, 0.4) is 0 Å². The number of anilines is 1. The van der Waals surface area contributed by atoms with Crippen LogP contribution in [-0.2, 0) is 0 Å². The predicted molar refractivity (Wildman–Crippen MR) is 68.0 cm³/mol. The van der Waals surface area contributed by atoms with Crippen LogP contribution in [0.25, 0.3) is 0 Å². The summed E-state index contributed by atoms with van der Waals surface area (Å²) in [6, 6.07) is 4.30. The van der Waals surface area contributed by atoms with E-state index in [0.717, 1.165) is 24.8 Å². The van der Waals surface area contributed by atoms with Crippen LogP contribution in [0.4, 0.5) is 15.8 Å². The van der Waals surface area contributed by atoms with Crippen molar-refractivity contribution in [3.8, 4) is 0 Å². The molecule has 0 bridgehead atoms. The Morgan fingerprint density at radius 1 is 1.44 bits per heavy atom. The number of hydrogen-bond acceptors (Lipinski definition) is 3. The third kappa shape index (κ3) is 2.60. The third-order valence-corrected chi connectivity index (χ3v) is 3.63. The van der Waals surface area contributed by atoms with Gasteiger partial charge in [0, 0.05) is 17.8 Å². The van der Waals surface area contributed by atoms with E-state index in [0.29, 0.717) is 17.6 Å². The first-order valence-corrected chi connectivity index (χ1v) is 6.18. The lowest BCUT2D eigenvalue weighted by atomic mass is 9.73. The van der Waals surface area contributed by atoms with Crippen molar-refractivity contribution in [1.29, 1.82) is 0 Å². The van der Waals surface area contributed by atoms with E-state index in [-0.39, 0.29) is 0 Å². The van der Waals surface area contributed by atoms with Crippen LogP contribution >= 0.6 is 0 Å². The minimum absolute atomic E-state index is 0.350. The molecule has 0 aromatic heterocycles. The molecule has 5 heteroatoms. The van der Waals surface area contributed by atoms with Gasteiger partial charge in [0.2, 0.25) is 5.82 Å². The van der Waals surface area contributed by atoms with Crippen molar-refractivity contribution < 1.29 is 9.31 Å². The van der Waals surface area contributed by atoms with Gasteiger partial charge in [0.25, 0.3) is 0 Å². The summed E-state index contributed by atoms with van der Waals surface area (Å²) in [7, 11) is 0. The van der Waals surface area contributed by atoms with Crippen molar-refractivity contribution in [2.75, 3.05) is 5.32 Å². The number of nitrogens with zero attached hydrogens (tertiary/aromatic N) is 1. The highest BCUT2D eigenvalue weighted by atomic mass is 19.1. The number of nitro groups is 1. The minimum atomic E-state index is -0.792. The average molecular weight is 252 g/mol. The standard InChI is InChI=1S/C13H17FN2O2/c1-8(2)9-5-11(6-9)15-10-3-4-12(14)13(7-10)16(17)18/h3-4,7-9,11,15H,5-6H2,1-2H3. The second kappa shape index (κ2) is 4.92. The van der Waals surface area contributed by atoms with Gasteiger partial charge in [-0.15, -0.1) is 0 Å². The summed E-state index contributed by atoms with van der Waals surface area (Å²) in [5, 5.41) is 13.8. The van der Waals surface area contributed by atoms with E-state index in [4.69, 9.17) is 0 Å². The molecule has 1 fully saturated rings. The van der Waals surface area contributed by atoms with E-state index in [1.165, 1.54) is 6.07 Å². The maximum Gasteiger partial charge on any atom is 0.306 e. The molecule has 1 N–H and O–H groups in total. The van der Waals surface area contributed by atoms with Gasteiger partial charge in [0.05, 0.1) is 4.92 Å². The van der Waals surface area contributed by atoms with E-state index >= 15 is 0 Å². The smallest absolute Gasteiger partial charge is 0.306 e. The van der Waals surface area contributed by atoms with Gasteiger partial charge < -0.3 is 5.32 Å². The summed E-state index contributed by atoms with van der Waals surface area (Å²) in [5.74, 6) is 0.600. The van der Waals surface area contributed by atoms with Gasteiger partial charge in [0.1, 0.15) is 0 Å². The number of hydrogen-bond donors (Lipinski definition) is 1. The molecule has 0 spiro atoms. The highest BCUT2D eigenvalue weighted by Gasteiger charge is 2.31. The Kier molecular flexibility index (Phi) is 3.50. The number of nitro benzene ring substituents is 1. The van der Waals surface area contributed by atoms with Crippen molar-refractivity contribution in [3.05, 3.63) is 34.1 Å². The van der Waals surface area contributed by atoms with Crippen LogP contribution in [0.2, 0.25) is 0 Å². The molecule has 1 aromatic rings. The largest absolute Gasteiger partial charge is 0.382 e. The molecule has 0 amide bonds. The second-order valence-electron chi connectivity index (χ2n) is 5.24. The molecule has 18 heavy (non-hydrogen) atoms. The lowest BCUT2D eigenvalue weighted by molar-refractivity contribution is -0.387. The van der Waals surface area contributed by atoms with E-state index in [1.54, 1.807) is 6.07 Å². The van der Waals surface area contributed by atoms with Gasteiger partial charge in [-0.2, -0.15) is 4.39 Å². The lowest BCUT2D eigenvalue weighted by Crippen LogP contribution is -2.37. The van der Waals surface area contributed by atoms with Crippen LogP contribution < -0.4 is 5.32 Å². The molecule has 1 saturated carbocycles. The fourth-order valence-electron chi connectivity index (χ4n) is 2.30. The van der Waals surface area contributed by atoms with Gasteiger partial charge in [-0.3, -0.25) is 10.1 Å². The molecular formula is C13H17FN2O2. The summed E-state index contributed by atoms with van der Waals surface area (Å²) in [6.45, 7) is 4.40. The molecule has 0 radical (unpaired) electrons. The van der Waals surface area contributed by atoms with Crippen LogP contribution in [0.15, 0.2) is 18.2 Å². The quantitative estimate of drug-likeness (QED) is 0.658. The molecule has 1 aliphatic rings. The lowest BCUT2D eigenvalue weighted by Gasteiger charge is -2.39. The maximum atomic E-state index is 13.2. The van der Waals surface area contributed by atoms with Gasteiger partial charge in [-0.25, -0.2) is 0 Å². The molecule has 1 aliphatic carbocycles. The minimum Gasteiger partial charge on any atom is -0.382 e. The summed E-state index contributed by atoms with van der Waals surface area (Å²) in [5.41, 5.74) is 0.148. The number of benzene rings is 1. The molecule has 4 nitrogen and oxygen atoms in total. The first-order valence-electron chi connectivity index (χ1n) is 6.18. The van der Waals surface area contributed by atoms with E-state index in [9.17, 15) is 14.5 Å². The monoisotopic (exact) mass is 252 g/mol. The van der Waals surface area contributed by atoms with Crippen molar-refractivity contribution in [2.24, 2.45) is 11.8 Å². The molecule has 98 valence electrons. The molecular weight excluding hydrogens is 235 g/mol. The Bertz CT molecular complexity index is 456. The number of nitrogens with one attached hydrogen (secondary N) is 1. The SMILES string of the molecule is CC(C)C1CC(Nc2ccc(F)c([N+](=O)[O-])c2)C1. The molecule has 0 heterocycles. The van der Waals surface area contributed by atoms with Gasteiger partial charge in [0.15, 0.2) is 0 Å². The van der Waals surface area contributed by atoms with Crippen LogP contribution in [-0.4, -0.2) is 11.0 Å². The summed E-state index contributed by atoms with van der Waals surface area (Å²) in [4.78, 5) is 9.93. The normalized spacial score (nSPS) is 22.7. The second-order valence-corrected chi connectivity index (χ2v) is 5.24. The Morgan fingerprint density at radius 3 is 2.67 bits per heavy atom. The Labute approximate surface area is 105 Å². The Morgan fingerprint density at radius 2 is 2.11 bits per heavy atom. The highest BCUT2D eigenvalue weighted by molar-refractivity contribution is 5.52. The zero-order chi connectivity index (χ0) is 13.3. The maximum absolute atomic E-state index is 13.2. The molecule has 0 aliphatic heterocycles. The van der Waals surface area contributed by atoms with Crippen LogP contribution in [0.1, 0.15) is 26.7 Å². The fraction of sp³-hybridized carbons (Fsp3) is 0.538. The topological polar surface area (TPSA) is 55.2 Å². The van der Waals surface area contributed by atoms with E-state index in [2.05, 4.69) is 19.2 Å². The molecule has 2 rings (SSSR count). The summed E-state index contributed by atoms with van der Waals surface area (Å²) < 4.78 is 13.2. The third-order valence-electron chi connectivity index (χ3n) is 3.63. The first kappa shape index (κ1) is 12.8. The van der Waals surface area contributed by atoms with E-state index < -0.39 is 16.4 Å². The van der Waals surface area contributed by atoms with Crippen molar-refractivity contribution in [1.82, 2.24) is 0 Å². The van der Waals surface area contributed by atoms with Crippen LogP contribution in [0, 0.1) is 27.8 Å². The van der Waals surface area contributed by atoms with Gasteiger partial charge in [-0.1, -0.05) is 13.8 Å². The molecule has 0 saturated heterocycles. The zero-order valence-corrected chi connectivity index (χ0v) is 10.5. The summed E-state index contributed by atoms with van der Waals surface area (Å²) in [6.07, 6.45) is 2.14. The number of rotatable bonds is 4. The predicted octanol–water partition coefficient (Wildman–Crippen LogP) is 3.58. The number of halogens is 1. The molecule has 0 unspecified atom stereocenters. The highest BCUT2D eigenvalue weighted by Crippen LogP contribution is 2.36. The zero-order valence-electron chi connectivity index (χ0n) is 10.5. The van der Waals surface area contributed by atoms with Gasteiger partial charge in [-0.05, 0) is 36.8 Å². The van der Waals surface area contributed by atoms with Crippen molar-refractivity contribution in [2.45, 2.75) is 32.7 Å². The first-order chi connectivity index (χ1) is 8.47. The van der Waals surface area contributed by atoms with Crippen molar-refractivity contribution in [3.63, 3.8) is 0 Å². The Hall–Kier alpha value is -1.65. The average Bonchev–Trinajstić information content (AvgIpc) is 2.23. The fourth-order valence-corrected chi connectivity index (χ4v) is 2.30. The van der Waals surface area contributed by atoms with Gasteiger partial charge >= 0.3 is 5.69 Å². The summed E-state index contributed by atoms with van der Waals surface area (Å²) >= 11 is 0. The van der Waals surface area contributed by atoms with E-state index in [1.807, 2.05) is 0 Å². The Balaban J connectivity index is 1.99. The van der Waals surface area contributed by atoms with Crippen molar-refractivity contribution >= 4 is 11.4 Å². The van der Waals surface area contributed by atoms with Crippen LogP contribution in [0.5, 0.6) is 0 Å².